The fourth-order valence-electron chi connectivity index (χ4n) is 1.69. The lowest BCUT2D eigenvalue weighted by molar-refractivity contribution is 0.600. The van der Waals surface area contributed by atoms with Crippen molar-refractivity contribution in [1.82, 2.24) is 0 Å². The van der Waals surface area contributed by atoms with E-state index in [0.717, 1.165) is 0 Å². The van der Waals surface area contributed by atoms with Gasteiger partial charge in [-0.2, -0.15) is 0 Å². The number of anilines is 2. The monoisotopic (exact) mass is 374 g/mol. The predicted octanol–water partition coefficient (Wildman–Crippen LogP) is 3.63. The number of sulfonamides is 1. The Labute approximate surface area is 131 Å². The van der Waals surface area contributed by atoms with E-state index in [-0.39, 0.29) is 5.75 Å². The minimum absolute atomic E-state index is 0.156. The summed E-state index contributed by atoms with van der Waals surface area (Å²) < 4.78 is 27.3. The summed E-state index contributed by atoms with van der Waals surface area (Å²) in [6, 6.07) is 11.7. The standard InChI is InChI=1S/C13H12BrClN2O2S/c14-13-11(15)5-2-6-12(13)17-20(18,19)8-9-3-1-4-10(16)7-9/h1-7,17H,8,16H2. The second kappa shape index (κ2) is 6.03. The van der Waals surface area contributed by atoms with Crippen LogP contribution in [0.4, 0.5) is 11.4 Å². The largest absolute Gasteiger partial charge is 0.399 e. The molecular formula is C13H12BrClN2O2S. The number of hydrogen-bond donors (Lipinski definition) is 2. The van der Waals surface area contributed by atoms with Crippen molar-refractivity contribution in [2.45, 2.75) is 5.75 Å². The number of halogens is 2. The minimum Gasteiger partial charge on any atom is -0.399 e. The van der Waals surface area contributed by atoms with Crippen LogP contribution in [-0.2, 0) is 15.8 Å². The molecule has 0 aliphatic heterocycles. The van der Waals surface area contributed by atoms with Gasteiger partial charge in [-0.25, -0.2) is 8.42 Å². The zero-order valence-electron chi connectivity index (χ0n) is 10.3. The summed E-state index contributed by atoms with van der Waals surface area (Å²) in [4.78, 5) is 0. The average Bonchev–Trinajstić information content (AvgIpc) is 2.34. The fourth-order valence-corrected chi connectivity index (χ4v) is 3.55. The van der Waals surface area contributed by atoms with Crippen molar-refractivity contribution in [3.05, 3.63) is 57.5 Å². The number of nitrogens with two attached hydrogens (primary N) is 1. The number of nitrogen functional groups attached to an aromatic ring is 1. The zero-order chi connectivity index (χ0) is 14.8. The molecule has 0 atom stereocenters. The normalized spacial score (nSPS) is 11.3. The lowest BCUT2D eigenvalue weighted by Crippen LogP contribution is -2.15. The van der Waals surface area contributed by atoms with Crippen LogP contribution < -0.4 is 10.5 Å². The number of rotatable bonds is 4. The third kappa shape index (κ3) is 3.88. The van der Waals surface area contributed by atoms with Crippen LogP contribution >= 0.6 is 27.5 Å². The van der Waals surface area contributed by atoms with Gasteiger partial charge in [0.1, 0.15) is 0 Å². The highest BCUT2D eigenvalue weighted by Crippen LogP contribution is 2.31. The van der Waals surface area contributed by atoms with E-state index in [4.69, 9.17) is 17.3 Å². The first-order valence-electron chi connectivity index (χ1n) is 5.66. The summed E-state index contributed by atoms with van der Waals surface area (Å²) in [6.45, 7) is 0. The van der Waals surface area contributed by atoms with Gasteiger partial charge in [-0.15, -0.1) is 0 Å². The van der Waals surface area contributed by atoms with Crippen LogP contribution in [0.15, 0.2) is 46.9 Å². The second-order valence-corrected chi connectivity index (χ2v) is 7.13. The van der Waals surface area contributed by atoms with Gasteiger partial charge < -0.3 is 5.73 Å². The van der Waals surface area contributed by atoms with Crippen LogP contribution in [0.1, 0.15) is 5.56 Å². The molecule has 2 aromatic carbocycles. The van der Waals surface area contributed by atoms with E-state index in [9.17, 15) is 8.42 Å². The van der Waals surface area contributed by atoms with Crippen molar-refractivity contribution >= 4 is 48.9 Å². The summed E-state index contributed by atoms with van der Waals surface area (Å²) in [5.41, 5.74) is 7.19. The maximum Gasteiger partial charge on any atom is 0.236 e. The van der Waals surface area contributed by atoms with E-state index in [0.29, 0.717) is 26.4 Å². The Hall–Kier alpha value is -1.24. The van der Waals surface area contributed by atoms with Crippen LogP contribution in [-0.4, -0.2) is 8.42 Å². The Balaban J connectivity index is 2.21. The molecule has 2 aromatic rings. The third-order valence-electron chi connectivity index (χ3n) is 2.52. The lowest BCUT2D eigenvalue weighted by atomic mass is 10.2. The van der Waals surface area contributed by atoms with Gasteiger partial charge in [0.25, 0.3) is 0 Å². The van der Waals surface area contributed by atoms with E-state index in [2.05, 4.69) is 20.7 Å². The highest BCUT2D eigenvalue weighted by Gasteiger charge is 2.14. The van der Waals surface area contributed by atoms with Crippen LogP contribution in [0.3, 0.4) is 0 Å². The molecule has 0 spiro atoms. The average molecular weight is 376 g/mol. The van der Waals surface area contributed by atoms with Gasteiger partial charge in [0.05, 0.1) is 20.9 Å². The molecule has 0 amide bonds. The summed E-state index contributed by atoms with van der Waals surface area (Å²) in [6.07, 6.45) is 0. The Morgan fingerprint density at radius 3 is 2.60 bits per heavy atom. The third-order valence-corrected chi connectivity index (χ3v) is 5.17. The molecule has 0 heterocycles. The van der Waals surface area contributed by atoms with Gasteiger partial charge in [-0.1, -0.05) is 29.8 Å². The van der Waals surface area contributed by atoms with Gasteiger partial charge in [-0.05, 0) is 45.8 Å². The smallest absolute Gasteiger partial charge is 0.236 e. The zero-order valence-corrected chi connectivity index (χ0v) is 13.5. The van der Waals surface area contributed by atoms with Gasteiger partial charge in [0.15, 0.2) is 0 Å². The fraction of sp³-hybridized carbons (Fsp3) is 0.0769. The van der Waals surface area contributed by atoms with Crippen molar-refractivity contribution < 1.29 is 8.42 Å². The number of nitrogens with one attached hydrogen (secondary N) is 1. The van der Waals surface area contributed by atoms with Gasteiger partial charge in [0.2, 0.25) is 10.0 Å². The quantitative estimate of drug-likeness (QED) is 0.802. The molecule has 106 valence electrons. The molecule has 4 nitrogen and oxygen atoms in total. The van der Waals surface area contributed by atoms with E-state index in [1.54, 1.807) is 42.5 Å². The summed E-state index contributed by atoms with van der Waals surface area (Å²) in [7, 11) is -3.54. The van der Waals surface area contributed by atoms with Gasteiger partial charge in [0, 0.05) is 5.69 Å². The highest BCUT2D eigenvalue weighted by atomic mass is 79.9. The molecule has 0 saturated heterocycles. The second-order valence-electron chi connectivity index (χ2n) is 4.21. The Morgan fingerprint density at radius 2 is 1.90 bits per heavy atom. The molecular weight excluding hydrogens is 364 g/mol. The Bertz CT molecular complexity index is 735. The summed E-state index contributed by atoms with van der Waals surface area (Å²) in [5.74, 6) is -0.156. The highest BCUT2D eigenvalue weighted by molar-refractivity contribution is 9.10. The van der Waals surface area contributed by atoms with Gasteiger partial charge in [-0.3, -0.25) is 4.72 Å². The van der Waals surface area contributed by atoms with Crippen LogP contribution in [0.2, 0.25) is 5.02 Å². The van der Waals surface area contributed by atoms with E-state index in [1.807, 2.05) is 0 Å². The van der Waals surface area contributed by atoms with Crippen molar-refractivity contribution in [3.63, 3.8) is 0 Å². The van der Waals surface area contributed by atoms with E-state index in [1.165, 1.54) is 0 Å². The Kier molecular flexibility index (Phi) is 4.57. The van der Waals surface area contributed by atoms with Crippen LogP contribution in [0, 0.1) is 0 Å². The van der Waals surface area contributed by atoms with Crippen molar-refractivity contribution in [3.8, 4) is 0 Å². The first-order chi connectivity index (χ1) is 9.37. The molecule has 0 aromatic heterocycles. The summed E-state index contributed by atoms with van der Waals surface area (Å²) >= 11 is 9.18. The maximum absolute atomic E-state index is 12.1. The molecule has 0 fully saturated rings. The Morgan fingerprint density at radius 1 is 1.20 bits per heavy atom. The molecule has 7 heteroatoms. The molecule has 0 aliphatic rings. The molecule has 0 unspecified atom stereocenters. The maximum atomic E-state index is 12.1. The summed E-state index contributed by atoms with van der Waals surface area (Å²) in [5, 5.41) is 0.439. The van der Waals surface area contributed by atoms with Crippen molar-refractivity contribution in [1.29, 1.82) is 0 Å². The lowest BCUT2D eigenvalue weighted by Gasteiger charge is -2.10. The van der Waals surface area contributed by atoms with Gasteiger partial charge >= 0.3 is 0 Å². The molecule has 0 saturated carbocycles. The minimum atomic E-state index is -3.54. The van der Waals surface area contributed by atoms with Crippen LogP contribution in [0.5, 0.6) is 0 Å². The molecule has 0 aliphatic carbocycles. The number of benzene rings is 2. The molecule has 0 bridgehead atoms. The predicted molar refractivity (Wildman–Crippen MR) is 86.3 cm³/mol. The topological polar surface area (TPSA) is 72.2 Å². The molecule has 3 N–H and O–H groups in total. The SMILES string of the molecule is Nc1cccc(CS(=O)(=O)Nc2cccc(Cl)c2Br)c1. The van der Waals surface area contributed by atoms with E-state index < -0.39 is 10.0 Å². The van der Waals surface area contributed by atoms with E-state index >= 15 is 0 Å². The van der Waals surface area contributed by atoms with Crippen molar-refractivity contribution in [2.75, 3.05) is 10.5 Å². The molecule has 0 radical (unpaired) electrons. The number of hydrogen-bond acceptors (Lipinski definition) is 3. The molecule has 2 rings (SSSR count). The van der Waals surface area contributed by atoms with Crippen LogP contribution in [0.25, 0.3) is 0 Å². The van der Waals surface area contributed by atoms with Crippen molar-refractivity contribution in [2.24, 2.45) is 0 Å². The first kappa shape index (κ1) is 15.2. The molecule has 20 heavy (non-hydrogen) atoms. The first-order valence-corrected chi connectivity index (χ1v) is 8.48.